The van der Waals surface area contributed by atoms with E-state index >= 15 is 0 Å². The summed E-state index contributed by atoms with van der Waals surface area (Å²) in [7, 11) is 0. The van der Waals surface area contributed by atoms with Crippen molar-refractivity contribution < 1.29 is 44.1 Å². The molecule has 5 atom stereocenters. The fraction of sp³-hybridized carbons (Fsp3) is 0.440. The number of carbonyl (C=O) groups is 6. The number of aromatic amines is 1. The Morgan fingerprint density at radius 1 is 0.875 bits per heavy atom. The normalized spacial score (nSPS) is 14.8. The van der Waals surface area contributed by atoms with Crippen LogP contribution in [0.2, 0.25) is 0 Å². The number of primary amides is 1. The van der Waals surface area contributed by atoms with Gasteiger partial charge in [0.25, 0.3) is 0 Å². The fourth-order valence-electron chi connectivity index (χ4n) is 3.84. The highest BCUT2D eigenvalue weighted by molar-refractivity contribution is 5.95. The average molecular weight is 563 g/mol. The van der Waals surface area contributed by atoms with Crippen LogP contribution in [0.25, 0.3) is 10.9 Å². The molecule has 2 aromatic rings. The molecule has 1 aromatic heterocycles. The Bertz CT molecular complexity index is 1240. The summed E-state index contributed by atoms with van der Waals surface area (Å²) in [5, 5.41) is 36.0. The summed E-state index contributed by atoms with van der Waals surface area (Å²) in [6, 6.07) is 1.45. The number of aliphatic hydroxyl groups excluding tert-OH is 1. The molecule has 0 aliphatic rings. The van der Waals surface area contributed by atoms with E-state index in [4.69, 9.17) is 16.6 Å². The van der Waals surface area contributed by atoms with E-state index in [2.05, 4.69) is 20.9 Å². The molecule has 0 aliphatic carbocycles. The molecule has 4 amide bonds. The molecule has 0 fully saturated rings. The van der Waals surface area contributed by atoms with Gasteiger partial charge in [0.2, 0.25) is 23.6 Å². The van der Waals surface area contributed by atoms with Crippen molar-refractivity contribution in [1.29, 1.82) is 0 Å². The highest BCUT2D eigenvalue weighted by Gasteiger charge is 2.32. The maximum Gasteiger partial charge on any atom is 0.326 e. The van der Waals surface area contributed by atoms with Gasteiger partial charge in [-0.25, -0.2) is 4.79 Å². The first kappa shape index (κ1) is 31.7. The molecule has 40 heavy (non-hydrogen) atoms. The molecule has 0 radical (unpaired) electrons. The van der Waals surface area contributed by atoms with Crippen LogP contribution in [0.5, 0.6) is 0 Å². The Labute approximate surface area is 228 Å². The SMILES string of the molecule is CC(O)C(N)C(=O)NC(Cc1c[nH]c2ccccc12)C(=O)NC(CCC(=O)O)C(=O)NC(CCC(N)=O)C(=O)O. The number of carbonyl (C=O) groups excluding carboxylic acids is 4. The number of carboxylic acids is 2. The second-order valence-corrected chi connectivity index (χ2v) is 9.29. The van der Waals surface area contributed by atoms with E-state index in [0.29, 0.717) is 5.56 Å². The van der Waals surface area contributed by atoms with Gasteiger partial charge in [-0.3, -0.25) is 24.0 Å². The van der Waals surface area contributed by atoms with E-state index < -0.39 is 78.7 Å². The molecule has 1 heterocycles. The number of amides is 4. The molecule has 11 N–H and O–H groups in total. The van der Waals surface area contributed by atoms with E-state index in [1.807, 2.05) is 0 Å². The summed E-state index contributed by atoms with van der Waals surface area (Å²) in [5.74, 6) is -6.27. The lowest BCUT2D eigenvalue weighted by atomic mass is 10.0. The number of nitrogens with one attached hydrogen (secondary N) is 4. The second-order valence-electron chi connectivity index (χ2n) is 9.29. The standard InChI is InChI=1S/C25H34N6O9/c1-12(32)21(27)24(38)31-18(10-13-11-28-15-5-3-2-4-14(13)15)23(37)29-16(7-9-20(34)35)22(36)30-17(25(39)40)6-8-19(26)33/h2-5,11-12,16-18,21,28,32H,6-10,27H2,1H3,(H2,26,33)(H,29,37)(H,30,36)(H,31,38)(H,34,35)(H,39,40). The number of fused-ring (bicyclic) bond motifs is 1. The number of benzene rings is 1. The molecule has 5 unspecified atom stereocenters. The molecule has 2 rings (SSSR count). The first-order valence-electron chi connectivity index (χ1n) is 12.4. The number of para-hydroxylation sites is 1. The molecular weight excluding hydrogens is 528 g/mol. The molecule has 15 heteroatoms. The van der Waals surface area contributed by atoms with E-state index in [-0.39, 0.29) is 19.3 Å². The number of H-pyrrole nitrogens is 1. The number of aliphatic carboxylic acids is 2. The molecule has 0 spiro atoms. The zero-order chi connectivity index (χ0) is 30.0. The molecular formula is C25H34N6O9. The first-order chi connectivity index (χ1) is 18.8. The van der Waals surface area contributed by atoms with Crippen LogP contribution in [0.3, 0.4) is 0 Å². The van der Waals surface area contributed by atoms with Gasteiger partial charge in [-0.2, -0.15) is 0 Å². The topological polar surface area (TPSA) is 267 Å². The highest BCUT2D eigenvalue weighted by Crippen LogP contribution is 2.19. The minimum Gasteiger partial charge on any atom is -0.481 e. The van der Waals surface area contributed by atoms with Gasteiger partial charge < -0.3 is 47.7 Å². The van der Waals surface area contributed by atoms with Gasteiger partial charge in [0.05, 0.1) is 6.10 Å². The lowest BCUT2D eigenvalue weighted by Gasteiger charge is -2.25. The maximum atomic E-state index is 13.4. The van der Waals surface area contributed by atoms with Gasteiger partial charge in [0.1, 0.15) is 24.2 Å². The number of aromatic nitrogens is 1. The lowest BCUT2D eigenvalue weighted by molar-refractivity contribution is -0.143. The summed E-state index contributed by atoms with van der Waals surface area (Å²) >= 11 is 0. The van der Waals surface area contributed by atoms with Crippen molar-refractivity contribution in [3.05, 3.63) is 36.0 Å². The van der Waals surface area contributed by atoms with E-state index in [0.717, 1.165) is 10.9 Å². The van der Waals surface area contributed by atoms with Crippen molar-refractivity contribution in [3.8, 4) is 0 Å². The zero-order valence-corrected chi connectivity index (χ0v) is 21.8. The van der Waals surface area contributed by atoms with Crippen LogP contribution in [0.15, 0.2) is 30.5 Å². The summed E-state index contributed by atoms with van der Waals surface area (Å²) < 4.78 is 0. The molecule has 0 saturated heterocycles. The van der Waals surface area contributed by atoms with E-state index in [1.54, 1.807) is 30.5 Å². The molecule has 0 saturated carbocycles. The van der Waals surface area contributed by atoms with E-state index in [1.165, 1.54) is 6.92 Å². The largest absolute Gasteiger partial charge is 0.481 e. The Morgan fingerprint density at radius 2 is 1.45 bits per heavy atom. The predicted octanol–water partition coefficient (Wildman–Crippen LogP) is -1.91. The van der Waals surface area contributed by atoms with Crippen molar-refractivity contribution in [2.75, 3.05) is 0 Å². The van der Waals surface area contributed by atoms with Gasteiger partial charge in [-0.15, -0.1) is 0 Å². The average Bonchev–Trinajstić information content (AvgIpc) is 3.29. The van der Waals surface area contributed by atoms with Crippen molar-refractivity contribution in [1.82, 2.24) is 20.9 Å². The second kappa shape index (κ2) is 14.6. The highest BCUT2D eigenvalue weighted by atomic mass is 16.4. The van der Waals surface area contributed by atoms with Gasteiger partial charge in [0.15, 0.2) is 0 Å². The van der Waals surface area contributed by atoms with Crippen LogP contribution >= 0.6 is 0 Å². The number of aliphatic hydroxyl groups is 1. The molecule has 0 aliphatic heterocycles. The Hall–Kier alpha value is -4.50. The molecule has 15 nitrogen and oxygen atoms in total. The number of rotatable bonds is 16. The Morgan fingerprint density at radius 3 is 2.05 bits per heavy atom. The fourth-order valence-corrected chi connectivity index (χ4v) is 3.84. The zero-order valence-electron chi connectivity index (χ0n) is 21.8. The van der Waals surface area contributed by atoms with Gasteiger partial charge in [-0.1, -0.05) is 18.2 Å². The number of carboxylic acid groups (broad SMARTS) is 2. The van der Waals surface area contributed by atoms with Crippen LogP contribution in [0.1, 0.15) is 38.2 Å². The van der Waals surface area contributed by atoms with Crippen LogP contribution in [-0.4, -0.2) is 86.1 Å². The van der Waals surface area contributed by atoms with Crippen molar-refractivity contribution in [3.63, 3.8) is 0 Å². The summed E-state index contributed by atoms with van der Waals surface area (Å²) in [4.78, 5) is 75.8. The van der Waals surface area contributed by atoms with Crippen LogP contribution < -0.4 is 27.4 Å². The smallest absolute Gasteiger partial charge is 0.326 e. The van der Waals surface area contributed by atoms with Crippen molar-refractivity contribution >= 4 is 46.5 Å². The third-order valence-electron chi connectivity index (χ3n) is 6.13. The van der Waals surface area contributed by atoms with Gasteiger partial charge in [-0.05, 0) is 31.4 Å². The summed E-state index contributed by atoms with van der Waals surface area (Å²) in [6.45, 7) is 1.29. The predicted molar refractivity (Wildman–Crippen MR) is 140 cm³/mol. The number of nitrogens with two attached hydrogens (primary N) is 2. The molecule has 218 valence electrons. The van der Waals surface area contributed by atoms with Gasteiger partial charge >= 0.3 is 11.9 Å². The number of hydrogen-bond donors (Lipinski definition) is 9. The summed E-state index contributed by atoms with van der Waals surface area (Å²) in [6.07, 6.45) is -1.30. The monoisotopic (exact) mass is 562 g/mol. The minimum atomic E-state index is -1.53. The van der Waals surface area contributed by atoms with Crippen molar-refractivity contribution in [2.45, 2.75) is 69.3 Å². The van der Waals surface area contributed by atoms with E-state index in [9.17, 15) is 39.0 Å². The maximum absolute atomic E-state index is 13.4. The molecule has 1 aromatic carbocycles. The van der Waals surface area contributed by atoms with Crippen LogP contribution in [-0.2, 0) is 35.2 Å². The summed E-state index contributed by atoms with van der Waals surface area (Å²) in [5.41, 5.74) is 12.2. The van der Waals surface area contributed by atoms with Crippen LogP contribution in [0, 0.1) is 0 Å². The molecule has 0 bridgehead atoms. The van der Waals surface area contributed by atoms with Gasteiger partial charge in [0, 0.05) is 36.4 Å². The minimum absolute atomic E-state index is 0.0717. The Balaban J connectivity index is 2.31. The van der Waals surface area contributed by atoms with Crippen molar-refractivity contribution in [2.24, 2.45) is 11.5 Å². The first-order valence-corrected chi connectivity index (χ1v) is 12.4. The lowest BCUT2D eigenvalue weighted by Crippen LogP contribution is -2.58. The van der Waals surface area contributed by atoms with Crippen LogP contribution in [0.4, 0.5) is 0 Å². The third kappa shape index (κ3) is 9.36. The Kier molecular flexibility index (Phi) is 11.6. The number of hydrogen-bond acceptors (Lipinski definition) is 8. The quantitative estimate of drug-likeness (QED) is 0.109. The third-order valence-corrected chi connectivity index (χ3v) is 6.13.